The van der Waals surface area contributed by atoms with Gasteiger partial charge in [0.05, 0.1) is 23.2 Å². The SMILES string of the molecule is CC(C)(CO)n1cc(-c2ccnc(NCCN)n2)c(-c2cnc3[nH]cc(F)c3c2)n1. The monoisotopic (exact) mass is 410 g/mol. The Morgan fingerprint density at radius 1 is 1.33 bits per heavy atom. The quantitative estimate of drug-likeness (QED) is 0.367. The molecular weight excluding hydrogens is 387 g/mol. The van der Waals surface area contributed by atoms with Crippen LogP contribution in [0.3, 0.4) is 0 Å². The Bertz CT molecular complexity index is 1180. The lowest BCUT2D eigenvalue weighted by Gasteiger charge is -2.22. The molecule has 0 saturated heterocycles. The predicted molar refractivity (Wildman–Crippen MR) is 112 cm³/mol. The summed E-state index contributed by atoms with van der Waals surface area (Å²) in [5, 5.41) is 17.9. The first kappa shape index (κ1) is 19.9. The van der Waals surface area contributed by atoms with Gasteiger partial charge in [0.1, 0.15) is 17.2 Å². The van der Waals surface area contributed by atoms with Crippen LogP contribution in [0, 0.1) is 5.82 Å². The summed E-state index contributed by atoms with van der Waals surface area (Å²) in [5.41, 5.74) is 7.93. The minimum Gasteiger partial charge on any atom is -0.394 e. The van der Waals surface area contributed by atoms with E-state index in [-0.39, 0.29) is 12.4 Å². The molecule has 4 heterocycles. The van der Waals surface area contributed by atoms with Crippen molar-refractivity contribution in [2.75, 3.05) is 25.0 Å². The second-order valence-corrected chi connectivity index (χ2v) is 7.54. The van der Waals surface area contributed by atoms with Crippen molar-refractivity contribution in [2.45, 2.75) is 19.4 Å². The normalized spacial score (nSPS) is 11.9. The number of pyridine rings is 1. The van der Waals surface area contributed by atoms with Gasteiger partial charge in [0.25, 0.3) is 0 Å². The number of hydrogen-bond donors (Lipinski definition) is 4. The van der Waals surface area contributed by atoms with E-state index in [4.69, 9.17) is 10.8 Å². The molecule has 156 valence electrons. The summed E-state index contributed by atoms with van der Waals surface area (Å²) >= 11 is 0. The van der Waals surface area contributed by atoms with Crippen molar-refractivity contribution in [3.8, 4) is 22.5 Å². The molecule has 0 aliphatic carbocycles. The van der Waals surface area contributed by atoms with Crippen LogP contribution in [0.1, 0.15) is 13.8 Å². The van der Waals surface area contributed by atoms with Gasteiger partial charge >= 0.3 is 0 Å². The standard InChI is InChI=1S/C20H23FN8O/c1-20(2,11-30)29-10-14(16-3-5-23-19(27-16)24-6-4-22)17(28-29)12-7-13-15(21)9-26-18(13)25-8-12/h3,5,7-10,30H,4,6,11,22H2,1-2H3,(H,25,26)(H,23,24,27). The fraction of sp³-hybridized carbons (Fsp3) is 0.300. The van der Waals surface area contributed by atoms with Crippen molar-refractivity contribution in [2.24, 2.45) is 5.73 Å². The number of aliphatic hydroxyl groups excluding tert-OH is 1. The number of nitrogens with zero attached hydrogens (tertiary/aromatic N) is 5. The highest BCUT2D eigenvalue weighted by Crippen LogP contribution is 2.33. The zero-order valence-electron chi connectivity index (χ0n) is 16.7. The maximum Gasteiger partial charge on any atom is 0.223 e. The molecule has 0 fully saturated rings. The highest BCUT2D eigenvalue weighted by atomic mass is 19.1. The topological polar surface area (TPSA) is 131 Å². The highest BCUT2D eigenvalue weighted by molar-refractivity contribution is 5.85. The summed E-state index contributed by atoms with van der Waals surface area (Å²) in [5.74, 6) is 0.0645. The molecule has 10 heteroatoms. The number of H-pyrrole nitrogens is 1. The smallest absolute Gasteiger partial charge is 0.223 e. The van der Waals surface area contributed by atoms with E-state index in [2.05, 4.69) is 25.3 Å². The van der Waals surface area contributed by atoms with E-state index in [1.165, 1.54) is 6.20 Å². The van der Waals surface area contributed by atoms with Gasteiger partial charge in [0, 0.05) is 49.0 Å². The zero-order valence-corrected chi connectivity index (χ0v) is 16.7. The Balaban J connectivity index is 1.87. The first-order valence-electron chi connectivity index (χ1n) is 9.54. The number of halogens is 1. The number of fused-ring (bicyclic) bond motifs is 1. The van der Waals surface area contributed by atoms with Crippen LogP contribution in [-0.2, 0) is 5.54 Å². The molecule has 4 aromatic rings. The van der Waals surface area contributed by atoms with Crippen molar-refractivity contribution in [1.82, 2.24) is 29.7 Å². The van der Waals surface area contributed by atoms with Crippen LogP contribution in [0.5, 0.6) is 0 Å². The average Bonchev–Trinajstić information content (AvgIpc) is 3.37. The second-order valence-electron chi connectivity index (χ2n) is 7.54. The minimum absolute atomic E-state index is 0.107. The van der Waals surface area contributed by atoms with E-state index in [1.54, 1.807) is 29.2 Å². The molecule has 9 nitrogen and oxygen atoms in total. The molecule has 0 spiro atoms. The van der Waals surface area contributed by atoms with Gasteiger partial charge in [-0.25, -0.2) is 19.3 Å². The van der Waals surface area contributed by atoms with Gasteiger partial charge < -0.3 is 21.1 Å². The summed E-state index contributed by atoms with van der Waals surface area (Å²) in [6, 6.07) is 3.47. The molecule has 4 aromatic heterocycles. The van der Waals surface area contributed by atoms with Gasteiger partial charge in [-0.1, -0.05) is 0 Å². The summed E-state index contributed by atoms with van der Waals surface area (Å²) in [4.78, 5) is 15.9. The molecule has 0 aliphatic heterocycles. The van der Waals surface area contributed by atoms with E-state index < -0.39 is 5.54 Å². The van der Waals surface area contributed by atoms with Crippen LogP contribution in [0.2, 0.25) is 0 Å². The third kappa shape index (κ3) is 3.62. The molecule has 0 bridgehead atoms. The molecule has 30 heavy (non-hydrogen) atoms. The molecular formula is C20H23FN8O. The maximum atomic E-state index is 14.1. The molecule has 0 radical (unpaired) electrons. The predicted octanol–water partition coefficient (Wildman–Crippen LogP) is 2.12. The molecule has 0 saturated carbocycles. The van der Waals surface area contributed by atoms with Crippen molar-refractivity contribution in [3.05, 3.63) is 42.7 Å². The number of nitrogens with two attached hydrogens (primary N) is 1. The Kier molecular flexibility index (Phi) is 5.18. The van der Waals surface area contributed by atoms with Gasteiger partial charge in [-0.3, -0.25) is 4.68 Å². The molecule has 5 N–H and O–H groups in total. The number of aromatic nitrogens is 6. The minimum atomic E-state index is -0.641. The van der Waals surface area contributed by atoms with Gasteiger partial charge in [-0.2, -0.15) is 5.10 Å². The van der Waals surface area contributed by atoms with Crippen LogP contribution in [0.25, 0.3) is 33.5 Å². The van der Waals surface area contributed by atoms with Gasteiger partial charge in [-0.15, -0.1) is 0 Å². The van der Waals surface area contributed by atoms with E-state index in [0.717, 1.165) is 0 Å². The fourth-order valence-corrected chi connectivity index (χ4v) is 3.04. The molecule has 0 amide bonds. The van der Waals surface area contributed by atoms with Crippen LogP contribution in [0.4, 0.5) is 10.3 Å². The number of anilines is 1. The van der Waals surface area contributed by atoms with Gasteiger partial charge in [0.2, 0.25) is 5.95 Å². The number of aliphatic hydroxyl groups is 1. The number of nitrogens with one attached hydrogen (secondary N) is 2. The Hall–Kier alpha value is -3.37. The van der Waals surface area contributed by atoms with Crippen LogP contribution >= 0.6 is 0 Å². The second kappa shape index (κ2) is 7.81. The van der Waals surface area contributed by atoms with Crippen LogP contribution in [0.15, 0.2) is 36.9 Å². The van der Waals surface area contributed by atoms with Crippen LogP contribution in [-0.4, -0.2) is 54.5 Å². The molecule has 4 rings (SSSR count). The maximum absolute atomic E-state index is 14.1. The summed E-state index contributed by atoms with van der Waals surface area (Å²) in [6.07, 6.45) is 6.37. The number of hydrogen-bond acceptors (Lipinski definition) is 7. The lowest BCUT2D eigenvalue weighted by molar-refractivity contribution is 0.152. The Morgan fingerprint density at radius 3 is 2.93 bits per heavy atom. The number of rotatable bonds is 7. The lowest BCUT2D eigenvalue weighted by atomic mass is 10.1. The van der Waals surface area contributed by atoms with Crippen molar-refractivity contribution in [3.63, 3.8) is 0 Å². The van der Waals surface area contributed by atoms with E-state index in [9.17, 15) is 9.50 Å². The lowest BCUT2D eigenvalue weighted by Crippen LogP contribution is -2.30. The van der Waals surface area contributed by atoms with Gasteiger partial charge in [-0.05, 0) is 26.0 Å². The summed E-state index contributed by atoms with van der Waals surface area (Å²) in [6.45, 7) is 4.63. The van der Waals surface area contributed by atoms with E-state index >= 15 is 0 Å². The Labute approximate surface area is 172 Å². The molecule has 0 atom stereocenters. The van der Waals surface area contributed by atoms with E-state index in [0.29, 0.717) is 52.6 Å². The zero-order chi connectivity index (χ0) is 21.3. The molecule has 0 aliphatic rings. The average molecular weight is 410 g/mol. The third-order valence-electron chi connectivity index (χ3n) is 4.83. The first-order valence-corrected chi connectivity index (χ1v) is 9.54. The van der Waals surface area contributed by atoms with E-state index in [1.807, 2.05) is 20.0 Å². The van der Waals surface area contributed by atoms with Crippen molar-refractivity contribution >= 4 is 17.0 Å². The van der Waals surface area contributed by atoms with Gasteiger partial charge in [0.15, 0.2) is 0 Å². The molecule has 0 aromatic carbocycles. The Morgan fingerprint density at radius 2 is 2.17 bits per heavy atom. The summed E-state index contributed by atoms with van der Waals surface area (Å²) in [7, 11) is 0. The highest BCUT2D eigenvalue weighted by Gasteiger charge is 2.25. The summed E-state index contributed by atoms with van der Waals surface area (Å²) < 4.78 is 15.8. The van der Waals surface area contributed by atoms with Crippen LogP contribution < -0.4 is 11.1 Å². The van der Waals surface area contributed by atoms with Crippen molar-refractivity contribution in [1.29, 1.82) is 0 Å². The molecule has 0 unspecified atom stereocenters. The first-order chi connectivity index (χ1) is 14.4. The van der Waals surface area contributed by atoms with Crippen molar-refractivity contribution < 1.29 is 9.50 Å². The number of aromatic amines is 1. The fourth-order valence-electron chi connectivity index (χ4n) is 3.04. The largest absolute Gasteiger partial charge is 0.394 e. The third-order valence-corrected chi connectivity index (χ3v) is 4.83.